The van der Waals surface area contributed by atoms with Crippen LogP contribution in [0.4, 0.5) is 0 Å². The normalized spacial score (nSPS) is 11.9. The molecule has 0 amide bonds. The second-order valence-corrected chi connectivity index (χ2v) is 5.80. The van der Waals surface area contributed by atoms with E-state index in [0.29, 0.717) is 16.9 Å². The van der Waals surface area contributed by atoms with Gasteiger partial charge in [-0.1, -0.05) is 16.8 Å². The summed E-state index contributed by atoms with van der Waals surface area (Å²) in [6.07, 6.45) is 1.29. The van der Waals surface area contributed by atoms with Gasteiger partial charge >= 0.3 is 0 Å². The molecule has 0 atom stereocenters. The average molecular weight is 311 g/mol. The third kappa shape index (κ3) is 2.11. The van der Waals surface area contributed by atoms with Crippen molar-refractivity contribution in [3.63, 3.8) is 0 Å². The van der Waals surface area contributed by atoms with E-state index < -0.39 is 10.0 Å². The van der Waals surface area contributed by atoms with E-state index in [-0.39, 0.29) is 10.0 Å². The first-order valence-electron chi connectivity index (χ1n) is 5.32. The van der Waals surface area contributed by atoms with Gasteiger partial charge in [0.25, 0.3) is 0 Å². The second kappa shape index (κ2) is 4.47. The topological polar surface area (TPSA) is 117 Å². The van der Waals surface area contributed by atoms with Gasteiger partial charge in [-0.2, -0.15) is 4.68 Å². The van der Waals surface area contributed by atoms with Crippen molar-refractivity contribution in [2.75, 3.05) is 0 Å². The first-order chi connectivity index (χ1) is 9.47. The molecule has 0 aliphatic heterocycles. The van der Waals surface area contributed by atoms with Gasteiger partial charge in [-0.05, 0) is 24.3 Å². The summed E-state index contributed by atoms with van der Waals surface area (Å²) in [6.45, 7) is 0. The molecule has 2 aromatic heterocycles. The smallest absolute Gasteiger partial charge is 0.225 e. The van der Waals surface area contributed by atoms with Gasteiger partial charge in [0.05, 0.1) is 10.6 Å². The summed E-state index contributed by atoms with van der Waals surface area (Å²) in [5.74, 6) is 0. The zero-order valence-corrected chi connectivity index (χ0v) is 11.4. The number of halogens is 1. The molecule has 3 rings (SSSR count). The van der Waals surface area contributed by atoms with Crippen LogP contribution in [0.1, 0.15) is 0 Å². The number of sulfonamides is 1. The molecule has 2 N–H and O–H groups in total. The molecule has 0 spiro atoms. The molecule has 1 aromatic carbocycles. The molecule has 0 aliphatic carbocycles. The molecular formula is C10H7ClN6O2S. The number of fused-ring (bicyclic) bond motifs is 1. The minimum Gasteiger partial charge on any atom is -0.225 e. The van der Waals surface area contributed by atoms with Gasteiger partial charge in [-0.15, -0.1) is 5.10 Å². The van der Waals surface area contributed by atoms with Crippen LogP contribution in [-0.2, 0) is 10.0 Å². The largest absolute Gasteiger partial charge is 0.238 e. The number of aromatic nitrogens is 5. The van der Waals surface area contributed by atoms with Crippen LogP contribution in [0.3, 0.4) is 0 Å². The van der Waals surface area contributed by atoms with E-state index >= 15 is 0 Å². The fourth-order valence-electron chi connectivity index (χ4n) is 1.67. The van der Waals surface area contributed by atoms with Crippen LogP contribution in [0.15, 0.2) is 35.5 Å². The number of rotatable bonds is 2. The summed E-state index contributed by atoms with van der Waals surface area (Å²) < 4.78 is 23.8. The van der Waals surface area contributed by atoms with Crippen molar-refractivity contribution in [3.8, 4) is 5.69 Å². The fraction of sp³-hybridized carbons (Fsp3) is 0. The Morgan fingerprint density at radius 2 is 1.85 bits per heavy atom. The molecule has 20 heavy (non-hydrogen) atoms. The first kappa shape index (κ1) is 12.9. The molecule has 0 bridgehead atoms. The highest BCUT2D eigenvalue weighted by atomic mass is 35.5. The fourth-order valence-corrected chi connectivity index (χ4v) is 2.35. The van der Waals surface area contributed by atoms with Crippen molar-refractivity contribution in [1.82, 2.24) is 25.0 Å². The molecule has 3 aromatic rings. The number of benzene rings is 1. The predicted molar refractivity (Wildman–Crippen MR) is 70.8 cm³/mol. The Morgan fingerprint density at radius 3 is 2.50 bits per heavy atom. The Kier molecular flexibility index (Phi) is 2.89. The Hall–Kier alpha value is -2.10. The highest BCUT2D eigenvalue weighted by molar-refractivity contribution is 7.89. The minimum absolute atomic E-state index is 0.0123. The maximum Gasteiger partial charge on any atom is 0.238 e. The third-order valence-corrected chi connectivity index (χ3v) is 3.81. The van der Waals surface area contributed by atoms with E-state index in [0.717, 1.165) is 0 Å². The summed E-state index contributed by atoms with van der Waals surface area (Å²) in [7, 11) is -3.73. The Labute approximate surface area is 118 Å². The molecular weight excluding hydrogens is 304 g/mol. The van der Waals surface area contributed by atoms with Crippen molar-refractivity contribution in [1.29, 1.82) is 0 Å². The molecule has 0 radical (unpaired) electrons. The van der Waals surface area contributed by atoms with E-state index in [1.165, 1.54) is 23.1 Å². The van der Waals surface area contributed by atoms with Gasteiger partial charge in [-0.25, -0.2) is 23.5 Å². The molecule has 0 saturated heterocycles. The van der Waals surface area contributed by atoms with Crippen LogP contribution in [0.5, 0.6) is 0 Å². The van der Waals surface area contributed by atoms with Crippen molar-refractivity contribution in [2.24, 2.45) is 5.14 Å². The van der Waals surface area contributed by atoms with Gasteiger partial charge in [0.15, 0.2) is 16.3 Å². The highest BCUT2D eigenvalue weighted by Gasteiger charge is 2.13. The lowest BCUT2D eigenvalue weighted by Crippen LogP contribution is -2.12. The standard InChI is InChI=1S/C10H7ClN6O2S/c11-9-8-10(14-5-13-9)17(16-15-8)6-1-3-7(4-2-6)20(12,18)19/h1-5H,(H2,12,18,19). The Balaban J connectivity index is 2.14. The van der Waals surface area contributed by atoms with Gasteiger partial charge in [0.1, 0.15) is 6.33 Å². The molecule has 2 heterocycles. The number of hydrogen-bond acceptors (Lipinski definition) is 6. The average Bonchev–Trinajstić information content (AvgIpc) is 2.83. The number of hydrogen-bond donors (Lipinski definition) is 1. The second-order valence-electron chi connectivity index (χ2n) is 3.88. The van der Waals surface area contributed by atoms with E-state index in [2.05, 4.69) is 20.3 Å². The van der Waals surface area contributed by atoms with Crippen molar-refractivity contribution >= 4 is 32.8 Å². The van der Waals surface area contributed by atoms with Crippen LogP contribution in [-0.4, -0.2) is 33.4 Å². The lowest BCUT2D eigenvalue weighted by molar-refractivity contribution is 0.598. The molecule has 0 unspecified atom stereocenters. The summed E-state index contributed by atoms with van der Waals surface area (Å²) in [5.41, 5.74) is 1.37. The van der Waals surface area contributed by atoms with Gasteiger partial charge in [-0.3, -0.25) is 0 Å². The molecule has 8 nitrogen and oxygen atoms in total. The van der Waals surface area contributed by atoms with Crippen molar-refractivity contribution < 1.29 is 8.42 Å². The molecule has 102 valence electrons. The van der Waals surface area contributed by atoms with E-state index in [9.17, 15) is 8.42 Å². The van der Waals surface area contributed by atoms with E-state index in [4.69, 9.17) is 16.7 Å². The van der Waals surface area contributed by atoms with E-state index in [1.54, 1.807) is 12.1 Å². The van der Waals surface area contributed by atoms with Crippen molar-refractivity contribution in [2.45, 2.75) is 4.90 Å². The SMILES string of the molecule is NS(=O)(=O)c1ccc(-n2nnc3c(Cl)ncnc32)cc1. The van der Waals surface area contributed by atoms with E-state index in [1.807, 2.05) is 0 Å². The van der Waals surface area contributed by atoms with Crippen molar-refractivity contribution in [3.05, 3.63) is 35.7 Å². The number of primary sulfonamides is 1. The maximum atomic E-state index is 11.2. The summed E-state index contributed by atoms with van der Waals surface area (Å²) in [5, 5.41) is 13.0. The maximum absolute atomic E-state index is 11.2. The van der Waals surface area contributed by atoms with Crippen LogP contribution in [0.2, 0.25) is 5.15 Å². The molecule has 10 heteroatoms. The molecule has 0 fully saturated rings. The summed E-state index contributed by atoms with van der Waals surface area (Å²) >= 11 is 5.88. The third-order valence-electron chi connectivity index (χ3n) is 2.60. The molecule has 0 saturated carbocycles. The lowest BCUT2D eigenvalue weighted by Gasteiger charge is -2.02. The summed E-state index contributed by atoms with van der Waals surface area (Å²) in [4.78, 5) is 7.86. The van der Waals surface area contributed by atoms with Gasteiger partial charge in [0.2, 0.25) is 10.0 Å². The molecule has 0 aliphatic rings. The van der Waals surface area contributed by atoms with Gasteiger partial charge < -0.3 is 0 Å². The highest BCUT2D eigenvalue weighted by Crippen LogP contribution is 2.19. The Bertz CT molecular complexity index is 890. The van der Waals surface area contributed by atoms with Crippen LogP contribution >= 0.6 is 11.6 Å². The quantitative estimate of drug-likeness (QED) is 0.689. The number of nitrogens with zero attached hydrogens (tertiary/aromatic N) is 5. The monoisotopic (exact) mass is 310 g/mol. The first-order valence-corrected chi connectivity index (χ1v) is 7.24. The summed E-state index contributed by atoms with van der Waals surface area (Å²) in [6, 6.07) is 5.84. The predicted octanol–water partition coefficient (Wildman–Crippen LogP) is 0.511. The van der Waals surface area contributed by atoms with Crippen LogP contribution in [0.25, 0.3) is 16.9 Å². The van der Waals surface area contributed by atoms with Crippen LogP contribution in [0, 0.1) is 0 Å². The number of nitrogens with two attached hydrogens (primary N) is 1. The Morgan fingerprint density at radius 1 is 1.15 bits per heavy atom. The minimum atomic E-state index is -3.73. The van der Waals surface area contributed by atoms with Crippen LogP contribution < -0.4 is 5.14 Å². The lowest BCUT2D eigenvalue weighted by atomic mass is 10.3. The zero-order valence-electron chi connectivity index (χ0n) is 9.80. The van der Waals surface area contributed by atoms with Gasteiger partial charge in [0, 0.05) is 0 Å². The zero-order chi connectivity index (χ0) is 14.3.